The van der Waals surface area contributed by atoms with E-state index in [0.717, 1.165) is 43.8 Å². The van der Waals surface area contributed by atoms with Crippen LogP contribution in [0, 0.1) is 5.92 Å². The number of amides is 1. The minimum Gasteiger partial charge on any atom is -0.348 e. The highest BCUT2D eigenvalue weighted by Crippen LogP contribution is 2.30. The first-order valence-corrected chi connectivity index (χ1v) is 13.7. The molecule has 1 aliphatic heterocycles. The molecule has 1 aliphatic carbocycles. The van der Waals surface area contributed by atoms with Gasteiger partial charge < -0.3 is 5.32 Å². The molecule has 0 unspecified atom stereocenters. The minimum absolute atomic E-state index is 0.125. The van der Waals surface area contributed by atoms with Crippen LogP contribution in [0.3, 0.4) is 0 Å². The molecule has 1 heterocycles. The highest BCUT2D eigenvalue weighted by molar-refractivity contribution is 7.90. The quantitative estimate of drug-likeness (QED) is 0.675. The smallest absolute Gasteiger partial charge is 0.251 e. The van der Waals surface area contributed by atoms with Crippen LogP contribution in [-0.4, -0.2) is 50.7 Å². The fraction of sp³-hybridized carbons (Fsp3) is 0.480. The first-order chi connectivity index (χ1) is 15.3. The minimum atomic E-state index is -3.26. The predicted molar refractivity (Wildman–Crippen MR) is 128 cm³/mol. The summed E-state index contributed by atoms with van der Waals surface area (Å²) in [7, 11) is -3.26. The van der Waals surface area contributed by atoms with E-state index in [4.69, 9.17) is 11.6 Å². The molecule has 2 aliphatic rings. The summed E-state index contributed by atoms with van der Waals surface area (Å²) < 4.78 is 23.3. The van der Waals surface area contributed by atoms with Gasteiger partial charge in [0.1, 0.15) is 0 Å². The summed E-state index contributed by atoms with van der Waals surface area (Å²) in [5.41, 5.74) is 1.85. The Morgan fingerprint density at radius 3 is 2.28 bits per heavy atom. The molecule has 7 heteroatoms. The SMILES string of the molecule is CS(=O)(=O)c1ccc(C(=O)N[C@@H]2CCC[C@@H]2N2CCC(Cc3ccc(Cl)cc3)CC2)cc1. The highest BCUT2D eigenvalue weighted by atomic mass is 35.5. The molecule has 5 nitrogen and oxygen atoms in total. The second kappa shape index (κ2) is 9.94. The summed E-state index contributed by atoms with van der Waals surface area (Å²) >= 11 is 6.00. The molecular formula is C25H31ClN2O3S. The van der Waals surface area contributed by atoms with Crippen molar-refractivity contribution in [2.24, 2.45) is 5.92 Å². The first-order valence-electron chi connectivity index (χ1n) is 11.4. The van der Waals surface area contributed by atoms with Crippen molar-refractivity contribution in [1.29, 1.82) is 0 Å². The maximum Gasteiger partial charge on any atom is 0.251 e. The molecule has 1 saturated heterocycles. The molecule has 172 valence electrons. The number of benzene rings is 2. The summed E-state index contributed by atoms with van der Waals surface area (Å²) in [4.78, 5) is 15.6. The lowest BCUT2D eigenvalue weighted by molar-refractivity contribution is 0.0862. The number of nitrogens with one attached hydrogen (secondary N) is 1. The van der Waals surface area contributed by atoms with Crippen LogP contribution in [0.25, 0.3) is 0 Å². The molecule has 0 spiro atoms. The Kier molecular flexibility index (Phi) is 7.23. The van der Waals surface area contributed by atoms with Crippen molar-refractivity contribution in [2.45, 2.75) is 55.5 Å². The predicted octanol–water partition coefficient (Wildman–Crippen LogP) is 4.35. The van der Waals surface area contributed by atoms with Crippen LogP contribution < -0.4 is 5.32 Å². The summed E-state index contributed by atoms with van der Waals surface area (Å²) in [5.74, 6) is 0.565. The molecule has 1 amide bonds. The molecular weight excluding hydrogens is 444 g/mol. The zero-order chi connectivity index (χ0) is 22.7. The topological polar surface area (TPSA) is 66.5 Å². The van der Waals surface area contributed by atoms with Gasteiger partial charge in [0, 0.05) is 28.9 Å². The molecule has 1 saturated carbocycles. The van der Waals surface area contributed by atoms with Gasteiger partial charge >= 0.3 is 0 Å². The van der Waals surface area contributed by atoms with Crippen molar-refractivity contribution in [2.75, 3.05) is 19.3 Å². The number of hydrogen-bond donors (Lipinski definition) is 1. The van der Waals surface area contributed by atoms with Crippen LogP contribution in [0.15, 0.2) is 53.4 Å². The number of nitrogens with zero attached hydrogens (tertiary/aromatic N) is 1. The Labute approximate surface area is 196 Å². The average molecular weight is 475 g/mol. The molecule has 0 radical (unpaired) electrons. The Morgan fingerprint density at radius 1 is 1.00 bits per heavy atom. The van der Waals surface area contributed by atoms with Crippen LogP contribution >= 0.6 is 11.6 Å². The van der Waals surface area contributed by atoms with Crippen LogP contribution in [-0.2, 0) is 16.3 Å². The van der Waals surface area contributed by atoms with Gasteiger partial charge in [-0.05, 0) is 99.5 Å². The third kappa shape index (κ3) is 5.72. The highest BCUT2D eigenvalue weighted by Gasteiger charge is 2.35. The lowest BCUT2D eigenvalue weighted by Gasteiger charge is -2.38. The fourth-order valence-electron chi connectivity index (χ4n) is 5.09. The van der Waals surface area contributed by atoms with Crippen molar-refractivity contribution in [3.63, 3.8) is 0 Å². The van der Waals surface area contributed by atoms with E-state index in [1.807, 2.05) is 12.1 Å². The van der Waals surface area contributed by atoms with Gasteiger partial charge in [-0.3, -0.25) is 9.69 Å². The summed E-state index contributed by atoms with van der Waals surface area (Å²) in [6.07, 6.45) is 7.83. The summed E-state index contributed by atoms with van der Waals surface area (Å²) in [6.45, 7) is 2.14. The normalized spacial score (nSPS) is 22.7. The first kappa shape index (κ1) is 23.3. The van der Waals surface area contributed by atoms with Crippen LogP contribution in [0.5, 0.6) is 0 Å². The van der Waals surface area contributed by atoms with Gasteiger partial charge in [0.15, 0.2) is 9.84 Å². The molecule has 2 aromatic rings. The molecule has 2 aromatic carbocycles. The number of hydrogen-bond acceptors (Lipinski definition) is 4. The van der Waals surface area contributed by atoms with Crippen LogP contribution in [0.1, 0.15) is 48.0 Å². The van der Waals surface area contributed by atoms with Crippen LogP contribution in [0.2, 0.25) is 5.02 Å². The number of piperidine rings is 1. The van der Waals surface area contributed by atoms with Crippen molar-refractivity contribution < 1.29 is 13.2 Å². The van der Waals surface area contributed by atoms with Crippen molar-refractivity contribution >= 4 is 27.3 Å². The van der Waals surface area contributed by atoms with Crippen molar-refractivity contribution in [1.82, 2.24) is 10.2 Å². The van der Waals surface area contributed by atoms with E-state index in [1.54, 1.807) is 12.1 Å². The average Bonchev–Trinajstić information content (AvgIpc) is 3.23. The van der Waals surface area contributed by atoms with Gasteiger partial charge in [-0.25, -0.2) is 8.42 Å². The second-order valence-corrected chi connectivity index (χ2v) is 11.6. The van der Waals surface area contributed by atoms with Gasteiger partial charge in [0.25, 0.3) is 5.91 Å². The zero-order valence-electron chi connectivity index (χ0n) is 18.5. The third-order valence-electron chi connectivity index (χ3n) is 6.90. The van der Waals surface area contributed by atoms with E-state index in [9.17, 15) is 13.2 Å². The van der Waals surface area contributed by atoms with Gasteiger partial charge in [-0.2, -0.15) is 0 Å². The maximum absolute atomic E-state index is 12.8. The molecule has 0 bridgehead atoms. The van der Waals surface area contributed by atoms with E-state index < -0.39 is 9.84 Å². The van der Waals surface area contributed by atoms with E-state index in [0.29, 0.717) is 17.5 Å². The Hall–Kier alpha value is -1.89. The van der Waals surface area contributed by atoms with Gasteiger partial charge in [0.2, 0.25) is 0 Å². The Bertz CT molecular complexity index is 1030. The fourth-order valence-corrected chi connectivity index (χ4v) is 5.85. The number of likely N-dealkylation sites (tertiary alicyclic amines) is 1. The van der Waals surface area contributed by atoms with E-state index in [2.05, 4.69) is 22.3 Å². The van der Waals surface area contributed by atoms with E-state index >= 15 is 0 Å². The molecule has 1 N–H and O–H groups in total. The number of sulfone groups is 1. The summed E-state index contributed by atoms with van der Waals surface area (Å²) in [6, 6.07) is 14.9. The summed E-state index contributed by atoms with van der Waals surface area (Å²) in [5, 5.41) is 4.00. The van der Waals surface area contributed by atoms with Crippen molar-refractivity contribution in [3.8, 4) is 0 Å². The molecule has 2 atom stereocenters. The van der Waals surface area contributed by atoms with Crippen LogP contribution in [0.4, 0.5) is 0 Å². The van der Waals surface area contributed by atoms with Gasteiger partial charge in [-0.1, -0.05) is 23.7 Å². The standard InChI is InChI=1S/C25H31ClN2O3S/c1-32(30,31)22-11-7-20(8-12-22)25(29)27-23-3-2-4-24(23)28-15-13-19(14-16-28)17-18-5-9-21(26)10-6-18/h5-12,19,23-24H,2-4,13-17H2,1H3,(H,27,29)/t23-,24+/m1/s1. The monoisotopic (exact) mass is 474 g/mol. The third-order valence-corrected chi connectivity index (χ3v) is 8.28. The Morgan fingerprint density at radius 2 is 1.66 bits per heavy atom. The molecule has 4 rings (SSSR count). The van der Waals surface area contributed by atoms with E-state index in [1.165, 1.54) is 36.8 Å². The lowest BCUT2D eigenvalue weighted by atomic mass is 9.89. The second-order valence-electron chi connectivity index (χ2n) is 9.18. The largest absolute Gasteiger partial charge is 0.348 e. The Balaban J connectivity index is 1.31. The van der Waals surface area contributed by atoms with Gasteiger partial charge in [0.05, 0.1) is 4.90 Å². The molecule has 0 aromatic heterocycles. The van der Waals surface area contributed by atoms with Gasteiger partial charge in [-0.15, -0.1) is 0 Å². The maximum atomic E-state index is 12.8. The number of carbonyl (C=O) groups is 1. The lowest BCUT2D eigenvalue weighted by Crippen LogP contribution is -2.51. The number of carbonyl (C=O) groups excluding carboxylic acids is 1. The molecule has 2 fully saturated rings. The number of rotatable bonds is 6. The van der Waals surface area contributed by atoms with E-state index in [-0.39, 0.29) is 16.8 Å². The zero-order valence-corrected chi connectivity index (χ0v) is 20.0. The van der Waals surface area contributed by atoms with Crippen molar-refractivity contribution in [3.05, 3.63) is 64.7 Å². The number of halogens is 1. The molecule has 32 heavy (non-hydrogen) atoms.